The smallest absolute Gasteiger partial charge is 0.227 e. The van der Waals surface area contributed by atoms with E-state index in [1.807, 2.05) is 54.6 Å². The third kappa shape index (κ3) is 4.62. The van der Waals surface area contributed by atoms with Crippen LogP contribution in [-0.2, 0) is 17.8 Å². The molecule has 0 unspecified atom stereocenters. The lowest BCUT2D eigenvalue weighted by atomic mass is 9.94. The lowest BCUT2D eigenvalue weighted by molar-refractivity contribution is -0.135. The summed E-state index contributed by atoms with van der Waals surface area (Å²) in [5.41, 5.74) is 1.91. The molecule has 5 nitrogen and oxygen atoms in total. The van der Waals surface area contributed by atoms with Crippen molar-refractivity contribution < 1.29 is 19.7 Å². The van der Waals surface area contributed by atoms with Crippen molar-refractivity contribution in [3.8, 4) is 5.75 Å². The number of rotatable bonds is 6. The average Bonchev–Trinajstić information content (AvgIpc) is 2.68. The van der Waals surface area contributed by atoms with E-state index in [9.17, 15) is 15.0 Å². The van der Waals surface area contributed by atoms with Crippen molar-refractivity contribution in [2.45, 2.75) is 25.6 Å². The molecule has 1 saturated heterocycles. The van der Waals surface area contributed by atoms with Crippen LogP contribution >= 0.6 is 0 Å². The van der Waals surface area contributed by atoms with E-state index >= 15 is 0 Å². The van der Waals surface area contributed by atoms with Gasteiger partial charge in [0.25, 0.3) is 0 Å². The number of hydrogen-bond acceptors (Lipinski definition) is 4. The Balaban J connectivity index is 1.62. The molecule has 138 valence electrons. The number of β-amino-alcohol motifs (C(OH)–C–C–N with tert-alkyl or cyclic N) is 1. The first-order chi connectivity index (χ1) is 12.7. The topological polar surface area (TPSA) is 70.0 Å². The first kappa shape index (κ1) is 18.4. The molecule has 0 aliphatic carbocycles. The van der Waals surface area contributed by atoms with Crippen LogP contribution in [0.5, 0.6) is 5.75 Å². The quantitative estimate of drug-likeness (QED) is 0.832. The maximum absolute atomic E-state index is 12.6. The summed E-state index contributed by atoms with van der Waals surface area (Å²) in [7, 11) is 0. The number of carbonyl (C=O) groups is 1. The van der Waals surface area contributed by atoms with Gasteiger partial charge in [0.1, 0.15) is 12.4 Å². The highest BCUT2D eigenvalue weighted by molar-refractivity contribution is 5.79. The standard InChI is InChI=1S/C21H25NO4/c23-14-18-10-11-22(13-19(18)24)21(25)12-17-8-4-5-9-20(17)26-15-16-6-2-1-3-7-16/h1-9,18-19,23-24H,10-15H2/t18-,19-/m1/s1. The van der Waals surface area contributed by atoms with Gasteiger partial charge in [0, 0.05) is 31.2 Å². The summed E-state index contributed by atoms with van der Waals surface area (Å²) >= 11 is 0. The number of ether oxygens (including phenoxy) is 1. The van der Waals surface area contributed by atoms with E-state index in [-0.39, 0.29) is 31.4 Å². The van der Waals surface area contributed by atoms with E-state index in [0.29, 0.717) is 25.3 Å². The lowest BCUT2D eigenvalue weighted by Gasteiger charge is -2.35. The van der Waals surface area contributed by atoms with Crippen molar-refractivity contribution in [1.82, 2.24) is 4.90 Å². The Bertz CT molecular complexity index is 719. The number of hydrogen-bond donors (Lipinski definition) is 2. The minimum Gasteiger partial charge on any atom is -0.489 e. The van der Waals surface area contributed by atoms with Gasteiger partial charge in [-0.25, -0.2) is 0 Å². The van der Waals surface area contributed by atoms with Gasteiger partial charge in [0.2, 0.25) is 5.91 Å². The molecule has 2 N–H and O–H groups in total. The molecule has 26 heavy (non-hydrogen) atoms. The van der Waals surface area contributed by atoms with Gasteiger partial charge in [0.15, 0.2) is 0 Å². The van der Waals surface area contributed by atoms with Crippen molar-refractivity contribution >= 4 is 5.91 Å². The van der Waals surface area contributed by atoms with Crippen LogP contribution in [0.1, 0.15) is 17.5 Å². The average molecular weight is 355 g/mol. The fourth-order valence-electron chi connectivity index (χ4n) is 3.22. The lowest BCUT2D eigenvalue weighted by Crippen LogP contribution is -2.48. The number of aliphatic hydroxyl groups is 2. The van der Waals surface area contributed by atoms with Crippen LogP contribution in [0.2, 0.25) is 0 Å². The van der Waals surface area contributed by atoms with Gasteiger partial charge in [-0.3, -0.25) is 4.79 Å². The third-order valence-electron chi connectivity index (χ3n) is 4.86. The highest BCUT2D eigenvalue weighted by Crippen LogP contribution is 2.23. The van der Waals surface area contributed by atoms with Crippen LogP contribution in [-0.4, -0.2) is 46.8 Å². The monoisotopic (exact) mass is 355 g/mol. The Morgan fingerprint density at radius 2 is 1.85 bits per heavy atom. The predicted molar refractivity (Wildman–Crippen MR) is 98.7 cm³/mol. The number of piperidine rings is 1. The van der Waals surface area contributed by atoms with Crippen LogP contribution in [0, 0.1) is 5.92 Å². The van der Waals surface area contributed by atoms with Crippen molar-refractivity contribution in [1.29, 1.82) is 0 Å². The van der Waals surface area contributed by atoms with E-state index < -0.39 is 6.10 Å². The molecule has 0 bridgehead atoms. The molecule has 1 fully saturated rings. The van der Waals surface area contributed by atoms with Gasteiger partial charge >= 0.3 is 0 Å². The molecule has 1 amide bonds. The fraction of sp³-hybridized carbons (Fsp3) is 0.381. The van der Waals surface area contributed by atoms with Crippen LogP contribution in [0.4, 0.5) is 0 Å². The first-order valence-corrected chi connectivity index (χ1v) is 8.98. The SMILES string of the molecule is O=C(Cc1ccccc1OCc1ccccc1)N1CC[C@H](CO)[C@H](O)C1. The second-order valence-electron chi connectivity index (χ2n) is 6.70. The summed E-state index contributed by atoms with van der Waals surface area (Å²) in [5.74, 6) is 0.534. The molecule has 0 aromatic heterocycles. The van der Waals surface area contributed by atoms with Gasteiger partial charge in [-0.05, 0) is 18.1 Å². The highest BCUT2D eigenvalue weighted by Gasteiger charge is 2.29. The van der Waals surface area contributed by atoms with E-state index in [0.717, 1.165) is 11.1 Å². The summed E-state index contributed by atoms with van der Waals surface area (Å²) in [4.78, 5) is 14.3. The van der Waals surface area contributed by atoms with Gasteiger partial charge in [-0.15, -0.1) is 0 Å². The molecule has 0 saturated carbocycles. The summed E-state index contributed by atoms with van der Waals surface area (Å²) in [6.07, 6.45) is 0.194. The molecule has 1 aliphatic heterocycles. The second kappa shape index (κ2) is 8.83. The van der Waals surface area contributed by atoms with Crippen molar-refractivity contribution in [2.24, 2.45) is 5.92 Å². The Labute approximate surface area is 153 Å². The summed E-state index contributed by atoms with van der Waals surface area (Å²) in [6, 6.07) is 17.5. The molecule has 1 aliphatic rings. The van der Waals surface area contributed by atoms with Crippen LogP contribution in [0.3, 0.4) is 0 Å². The minimum absolute atomic E-state index is 0.0313. The highest BCUT2D eigenvalue weighted by atomic mass is 16.5. The summed E-state index contributed by atoms with van der Waals surface area (Å²) in [5, 5.41) is 19.3. The van der Waals surface area contributed by atoms with Crippen molar-refractivity contribution in [3.63, 3.8) is 0 Å². The van der Waals surface area contributed by atoms with Gasteiger partial charge in [-0.1, -0.05) is 48.5 Å². The van der Waals surface area contributed by atoms with Gasteiger partial charge in [-0.2, -0.15) is 0 Å². The van der Waals surface area contributed by atoms with Crippen molar-refractivity contribution in [3.05, 3.63) is 65.7 Å². The minimum atomic E-state index is -0.665. The van der Waals surface area contributed by atoms with Gasteiger partial charge < -0.3 is 19.8 Å². The van der Waals surface area contributed by atoms with Crippen LogP contribution in [0.15, 0.2) is 54.6 Å². The largest absolute Gasteiger partial charge is 0.489 e. The van der Waals surface area contributed by atoms with E-state index in [2.05, 4.69) is 0 Å². The van der Waals surface area contributed by atoms with E-state index in [1.54, 1.807) is 4.90 Å². The Morgan fingerprint density at radius 1 is 1.12 bits per heavy atom. The number of aliphatic hydroxyl groups excluding tert-OH is 2. The number of nitrogens with zero attached hydrogens (tertiary/aromatic N) is 1. The van der Waals surface area contributed by atoms with E-state index in [4.69, 9.17) is 4.74 Å². The molecular weight excluding hydrogens is 330 g/mol. The van der Waals surface area contributed by atoms with Crippen molar-refractivity contribution in [2.75, 3.05) is 19.7 Å². The fourth-order valence-corrected chi connectivity index (χ4v) is 3.22. The number of amides is 1. The molecule has 0 spiro atoms. The maximum atomic E-state index is 12.6. The molecule has 2 aromatic carbocycles. The van der Waals surface area contributed by atoms with Crippen LogP contribution in [0.25, 0.3) is 0 Å². The van der Waals surface area contributed by atoms with Gasteiger partial charge in [0.05, 0.1) is 12.5 Å². The summed E-state index contributed by atoms with van der Waals surface area (Å²) < 4.78 is 5.91. The molecule has 1 heterocycles. The second-order valence-corrected chi connectivity index (χ2v) is 6.70. The zero-order chi connectivity index (χ0) is 18.4. The summed E-state index contributed by atoms with van der Waals surface area (Å²) in [6.45, 7) is 1.25. The molecule has 5 heteroatoms. The van der Waals surface area contributed by atoms with E-state index in [1.165, 1.54) is 0 Å². The zero-order valence-electron chi connectivity index (χ0n) is 14.8. The number of benzene rings is 2. The Kier molecular flexibility index (Phi) is 6.26. The molecule has 2 atom stereocenters. The predicted octanol–water partition coefficient (Wildman–Crippen LogP) is 2.01. The number of carbonyl (C=O) groups excluding carboxylic acids is 1. The molecule has 2 aromatic rings. The Morgan fingerprint density at radius 3 is 2.58 bits per heavy atom. The maximum Gasteiger partial charge on any atom is 0.227 e. The zero-order valence-corrected chi connectivity index (χ0v) is 14.8. The number of likely N-dealkylation sites (tertiary alicyclic amines) is 1. The third-order valence-corrected chi connectivity index (χ3v) is 4.86. The van der Waals surface area contributed by atoms with Crippen LogP contribution < -0.4 is 4.74 Å². The Hall–Kier alpha value is -2.37. The normalized spacial score (nSPS) is 20.0. The molecular formula is C21H25NO4. The number of para-hydroxylation sites is 1. The first-order valence-electron chi connectivity index (χ1n) is 8.98. The molecule has 3 rings (SSSR count). The molecule has 0 radical (unpaired) electrons.